The Labute approximate surface area is 192 Å². The quantitative estimate of drug-likeness (QED) is 0.487. The first-order chi connectivity index (χ1) is 14.9. The van der Waals surface area contributed by atoms with Crippen LogP contribution in [-0.2, 0) is 6.54 Å². The number of aliphatic hydroxyl groups is 1. The van der Waals surface area contributed by atoms with Crippen molar-refractivity contribution in [1.82, 2.24) is 30.2 Å². The topological polar surface area (TPSA) is 137 Å². The predicted octanol–water partition coefficient (Wildman–Crippen LogP) is 2.01. The monoisotopic (exact) mass is 461 g/mol. The van der Waals surface area contributed by atoms with Crippen LogP contribution in [0, 0.1) is 17.8 Å². The van der Waals surface area contributed by atoms with Gasteiger partial charge in [0.25, 0.3) is 0 Å². The maximum atomic E-state index is 10.0. The second kappa shape index (κ2) is 9.73. The Kier molecular flexibility index (Phi) is 7.23. The minimum atomic E-state index is -1.16. The van der Waals surface area contributed by atoms with Crippen LogP contribution in [-0.4, -0.2) is 55.3 Å². The van der Waals surface area contributed by atoms with Crippen molar-refractivity contribution in [3.05, 3.63) is 11.9 Å². The molecule has 0 aliphatic carbocycles. The smallest absolute Gasteiger partial charge is 0.199 e. The molecule has 0 atom stereocenters. The molecule has 0 spiro atoms. The standard InChI is InChI=1S/C21H27N7O3.ClH/c1-4-28-18-15(30-12-13-6-9-23-10-7-13)11-24-14(5-8-21(2,3)29)16(18)25-20(28)17-19(22)27-31-26-17;/h11,13,23,29H,4,6-7,9-10,12H2,1-3H3,(H2,22,27);1H. The SMILES string of the molecule is CCn1c(-c2nonc2N)nc2c(C#CC(C)(C)O)ncc(OCC3CCNCC3)c21.Cl. The molecule has 3 aromatic rings. The van der Waals surface area contributed by atoms with Crippen LogP contribution in [0.2, 0.25) is 0 Å². The summed E-state index contributed by atoms with van der Waals surface area (Å²) in [7, 11) is 0. The molecule has 1 aliphatic heterocycles. The summed E-state index contributed by atoms with van der Waals surface area (Å²) in [5, 5.41) is 21.0. The second-order valence-corrected chi connectivity index (χ2v) is 8.16. The first-order valence-electron chi connectivity index (χ1n) is 10.4. The molecule has 0 amide bonds. The van der Waals surface area contributed by atoms with Crippen molar-refractivity contribution in [2.24, 2.45) is 5.92 Å². The number of nitrogen functional groups attached to an aromatic ring is 1. The van der Waals surface area contributed by atoms with Gasteiger partial charge in [0.1, 0.15) is 22.3 Å². The van der Waals surface area contributed by atoms with Crippen molar-refractivity contribution in [1.29, 1.82) is 0 Å². The Morgan fingerprint density at radius 1 is 1.34 bits per heavy atom. The Bertz CT molecular complexity index is 1130. The van der Waals surface area contributed by atoms with Gasteiger partial charge in [-0.2, -0.15) is 0 Å². The lowest BCUT2D eigenvalue weighted by atomic mass is 9.99. The summed E-state index contributed by atoms with van der Waals surface area (Å²) in [6, 6.07) is 0. The van der Waals surface area contributed by atoms with E-state index in [-0.39, 0.29) is 18.2 Å². The number of nitrogens with one attached hydrogen (secondary N) is 1. The van der Waals surface area contributed by atoms with E-state index in [1.807, 2.05) is 11.5 Å². The second-order valence-electron chi connectivity index (χ2n) is 8.16. The Morgan fingerprint density at radius 3 is 2.72 bits per heavy atom. The van der Waals surface area contributed by atoms with E-state index in [0.29, 0.717) is 47.5 Å². The zero-order chi connectivity index (χ0) is 22.0. The van der Waals surface area contributed by atoms with Crippen molar-refractivity contribution in [2.75, 3.05) is 25.4 Å². The number of rotatable bonds is 5. The van der Waals surface area contributed by atoms with Gasteiger partial charge < -0.3 is 25.5 Å². The van der Waals surface area contributed by atoms with Crippen LogP contribution in [0.5, 0.6) is 5.75 Å². The van der Waals surface area contributed by atoms with Gasteiger partial charge in [0, 0.05) is 6.54 Å². The number of aryl methyl sites for hydroxylation is 1. The van der Waals surface area contributed by atoms with Gasteiger partial charge >= 0.3 is 0 Å². The van der Waals surface area contributed by atoms with Gasteiger partial charge in [0.2, 0.25) is 0 Å². The number of anilines is 1. The average molecular weight is 462 g/mol. The predicted molar refractivity (Wildman–Crippen MR) is 122 cm³/mol. The summed E-state index contributed by atoms with van der Waals surface area (Å²) in [6.45, 7) is 8.42. The molecule has 32 heavy (non-hydrogen) atoms. The molecule has 0 radical (unpaired) electrons. The zero-order valence-corrected chi connectivity index (χ0v) is 19.2. The van der Waals surface area contributed by atoms with Gasteiger partial charge in [-0.3, -0.25) is 0 Å². The number of ether oxygens (including phenoxy) is 1. The highest BCUT2D eigenvalue weighted by Crippen LogP contribution is 2.33. The molecule has 0 aromatic carbocycles. The summed E-state index contributed by atoms with van der Waals surface area (Å²) in [4.78, 5) is 9.20. The lowest BCUT2D eigenvalue weighted by Crippen LogP contribution is -2.30. The highest BCUT2D eigenvalue weighted by molar-refractivity contribution is 5.89. The van der Waals surface area contributed by atoms with Crippen molar-refractivity contribution >= 4 is 29.3 Å². The molecule has 3 aromatic heterocycles. The molecule has 10 nitrogen and oxygen atoms in total. The van der Waals surface area contributed by atoms with Crippen LogP contribution in [0.1, 0.15) is 39.3 Å². The van der Waals surface area contributed by atoms with E-state index in [4.69, 9.17) is 20.1 Å². The van der Waals surface area contributed by atoms with Crippen LogP contribution >= 0.6 is 12.4 Å². The van der Waals surface area contributed by atoms with Crippen LogP contribution < -0.4 is 15.8 Å². The summed E-state index contributed by atoms with van der Waals surface area (Å²) >= 11 is 0. The Hall–Kier alpha value is -2.87. The fourth-order valence-electron chi connectivity index (χ4n) is 3.62. The van der Waals surface area contributed by atoms with E-state index >= 15 is 0 Å². The molecular formula is C21H28ClN7O3. The number of aromatic nitrogens is 5. The number of pyridine rings is 1. The normalized spacial score (nSPS) is 14.6. The molecule has 4 N–H and O–H groups in total. The molecule has 4 rings (SSSR count). The fraction of sp³-hybridized carbons (Fsp3) is 0.524. The van der Waals surface area contributed by atoms with E-state index in [0.717, 1.165) is 31.4 Å². The van der Waals surface area contributed by atoms with Gasteiger partial charge in [-0.25, -0.2) is 14.6 Å². The van der Waals surface area contributed by atoms with Gasteiger partial charge in [0.05, 0.1) is 12.8 Å². The molecule has 1 aliphatic rings. The molecule has 0 saturated carbocycles. The minimum Gasteiger partial charge on any atom is -0.489 e. The number of hydrogen-bond donors (Lipinski definition) is 3. The number of nitrogens with two attached hydrogens (primary N) is 1. The van der Waals surface area contributed by atoms with Gasteiger partial charge in [-0.15, -0.1) is 12.4 Å². The molecule has 1 saturated heterocycles. The maximum absolute atomic E-state index is 10.0. The fourth-order valence-corrected chi connectivity index (χ4v) is 3.62. The molecule has 0 unspecified atom stereocenters. The van der Waals surface area contributed by atoms with Gasteiger partial charge in [-0.1, -0.05) is 5.92 Å². The molecular weight excluding hydrogens is 434 g/mol. The molecule has 0 bridgehead atoms. The lowest BCUT2D eigenvalue weighted by Gasteiger charge is -2.22. The third-order valence-electron chi connectivity index (χ3n) is 5.20. The number of fused-ring (bicyclic) bond motifs is 1. The molecule has 11 heteroatoms. The molecule has 4 heterocycles. The number of halogens is 1. The summed E-state index contributed by atoms with van der Waals surface area (Å²) in [5.74, 6) is 7.51. The summed E-state index contributed by atoms with van der Waals surface area (Å²) < 4.78 is 13.0. The number of nitrogens with zero attached hydrogens (tertiary/aromatic N) is 5. The largest absolute Gasteiger partial charge is 0.489 e. The van der Waals surface area contributed by atoms with Gasteiger partial charge in [0.15, 0.2) is 23.1 Å². The van der Waals surface area contributed by atoms with Crippen molar-refractivity contribution in [3.8, 4) is 29.1 Å². The lowest BCUT2D eigenvalue weighted by molar-refractivity contribution is 0.143. The maximum Gasteiger partial charge on any atom is 0.199 e. The highest BCUT2D eigenvalue weighted by atomic mass is 35.5. The van der Waals surface area contributed by atoms with Crippen LogP contribution in [0.4, 0.5) is 5.82 Å². The number of hydrogen-bond acceptors (Lipinski definition) is 9. The highest BCUT2D eigenvalue weighted by Gasteiger charge is 2.24. The molecule has 172 valence electrons. The van der Waals surface area contributed by atoms with Crippen molar-refractivity contribution in [3.63, 3.8) is 0 Å². The number of imidazole rings is 1. The molecule has 1 fully saturated rings. The minimum absolute atomic E-state index is 0. The van der Waals surface area contributed by atoms with E-state index in [1.165, 1.54) is 0 Å². The third-order valence-corrected chi connectivity index (χ3v) is 5.20. The van der Waals surface area contributed by atoms with Crippen molar-refractivity contribution in [2.45, 2.75) is 45.8 Å². The van der Waals surface area contributed by atoms with E-state index in [1.54, 1.807) is 20.0 Å². The van der Waals surface area contributed by atoms with Gasteiger partial charge in [-0.05, 0) is 68.9 Å². The van der Waals surface area contributed by atoms with Crippen LogP contribution in [0.3, 0.4) is 0 Å². The van der Waals surface area contributed by atoms with E-state index in [9.17, 15) is 5.11 Å². The summed E-state index contributed by atoms with van der Waals surface area (Å²) in [5.41, 5.74) is 6.87. The third kappa shape index (κ3) is 4.96. The first kappa shape index (κ1) is 23.8. The van der Waals surface area contributed by atoms with Crippen molar-refractivity contribution < 1.29 is 14.5 Å². The zero-order valence-electron chi connectivity index (χ0n) is 18.4. The van der Waals surface area contributed by atoms with E-state index < -0.39 is 5.60 Å². The van der Waals surface area contributed by atoms with Crippen LogP contribution in [0.15, 0.2) is 10.8 Å². The summed E-state index contributed by atoms with van der Waals surface area (Å²) in [6.07, 6.45) is 3.82. The Morgan fingerprint density at radius 2 is 2.09 bits per heavy atom. The van der Waals surface area contributed by atoms with Crippen LogP contribution in [0.25, 0.3) is 22.6 Å². The number of piperidine rings is 1. The van der Waals surface area contributed by atoms with E-state index in [2.05, 4.69) is 32.5 Å². The average Bonchev–Trinajstić information content (AvgIpc) is 3.34. The first-order valence-corrected chi connectivity index (χ1v) is 10.4. The Balaban J connectivity index is 0.00000289.